The number of nitrogens with zero attached hydrogens (tertiary/aromatic N) is 4. The fourth-order valence-electron chi connectivity index (χ4n) is 5.15. The quantitative estimate of drug-likeness (QED) is 0.214. The lowest BCUT2D eigenvalue weighted by molar-refractivity contribution is 0.550. The maximum absolute atomic E-state index is 6.77. The lowest BCUT2D eigenvalue weighted by Gasteiger charge is -2.47. The molecule has 0 fully saturated rings. The molecule has 2 heterocycles. The van der Waals surface area contributed by atoms with Crippen LogP contribution < -0.4 is 10.0 Å². The molecule has 1 spiro atoms. The Bertz CT molecular complexity index is 1760. The van der Waals surface area contributed by atoms with Gasteiger partial charge < -0.3 is 0 Å². The van der Waals surface area contributed by atoms with Crippen LogP contribution in [0.4, 0.5) is 11.4 Å². The number of fused-ring (bicyclic) bond motifs is 2. The minimum atomic E-state index is -0.862. The van der Waals surface area contributed by atoms with Crippen molar-refractivity contribution in [1.82, 2.24) is 0 Å². The molecule has 0 unspecified atom stereocenters. The standard InChI is InChI=1S/C33H22Cl2N4S/c34-24-20-21-30(35)28(22-24)31-27-18-10-11-19-29(27)33(38(36-31)25-14-6-2-7-15-25)39(26-16-8-3-9-17-26)37-32(40-33)23-12-4-1-5-13-23/h1-22H/t33-/m0/s1. The van der Waals surface area contributed by atoms with Crippen molar-refractivity contribution >= 4 is 57.1 Å². The van der Waals surface area contributed by atoms with Gasteiger partial charge in [0.05, 0.1) is 16.4 Å². The molecule has 0 radical (unpaired) electrons. The molecular weight excluding hydrogens is 555 g/mol. The molecule has 0 aromatic heterocycles. The highest BCUT2D eigenvalue weighted by atomic mass is 35.5. The zero-order valence-electron chi connectivity index (χ0n) is 21.2. The van der Waals surface area contributed by atoms with Gasteiger partial charge in [-0.25, -0.2) is 10.0 Å². The van der Waals surface area contributed by atoms with Crippen molar-refractivity contribution in [3.8, 4) is 0 Å². The van der Waals surface area contributed by atoms with E-state index in [1.54, 1.807) is 17.8 Å². The Labute approximate surface area is 247 Å². The third-order valence-electron chi connectivity index (χ3n) is 6.94. The average molecular weight is 578 g/mol. The van der Waals surface area contributed by atoms with E-state index < -0.39 is 4.99 Å². The molecule has 4 nitrogen and oxygen atoms in total. The average Bonchev–Trinajstić information content (AvgIpc) is 3.41. The summed E-state index contributed by atoms with van der Waals surface area (Å²) in [7, 11) is 0. The number of halogens is 2. The highest BCUT2D eigenvalue weighted by molar-refractivity contribution is 8.15. The molecule has 7 heteroatoms. The predicted molar refractivity (Wildman–Crippen MR) is 169 cm³/mol. The molecule has 194 valence electrons. The Balaban J connectivity index is 1.54. The number of thioether (sulfide) groups is 1. The summed E-state index contributed by atoms with van der Waals surface area (Å²) in [6, 6.07) is 44.6. The SMILES string of the molecule is Clc1ccc(Cl)c(C2=NN(c3ccccc3)[C@@]3(SC(c4ccccc4)=NN3c3ccccc3)c3ccccc32)c1. The van der Waals surface area contributed by atoms with Gasteiger partial charge in [0.25, 0.3) is 0 Å². The summed E-state index contributed by atoms with van der Waals surface area (Å²) in [5.74, 6) is 0. The Hall–Kier alpha value is -4.03. The lowest BCUT2D eigenvalue weighted by Crippen LogP contribution is -2.54. The second-order valence-electron chi connectivity index (χ2n) is 9.39. The molecule has 2 aliphatic heterocycles. The topological polar surface area (TPSA) is 31.2 Å². The molecule has 2 aliphatic rings. The highest BCUT2D eigenvalue weighted by Gasteiger charge is 2.55. The maximum atomic E-state index is 6.77. The van der Waals surface area contributed by atoms with Crippen molar-refractivity contribution in [1.29, 1.82) is 0 Å². The van der Waals surface area contributed by atoms with Gasteiger partial charge in [0.15, 0.2) is 0 Å². The van der Waals surface area contributed by atoms with E-state index in [-0.39, 0.29) is 0 Å². The molecule has 0 N–H and O–H groups in total. The van der Waals surface area contributed by atoms with Crippen LogP contribution in [0.15, 0.2) is 144 Å². The second-order valence-corrected chi connectivity index (χ2v) is 11.4. The normalized spacial score (nSPS) is 17.9. The van der Waals surface area contributed by atoms with Crippen molar-refractivity contribution in [3.63, 3.8) is 0 Å². The molecule has 40 heavy (non-hydrogen) atoms. The zero-order chi connectivity index (χ0) is 27.1. The van der Waals surface area contributed by atoms with Crippen molar-refractivity contribution in [2.24, 2.45) is 10.2 Å². The van der Waals surface area contributed by atoms with Crippen LogP contribution in [-0.2, 0) is 4.99 Å². The Morgan fingerprint density at radius 1 is 0.575 bits per heavy atom. The predicted octanol–water partition coefficient (Wildman–Crippen LogP) is 8.99. The third-order valence-corrected chi connectivity index (χ3v) is 8.87. The number of anilines is 2. The van der Waals surface area contributed by atoms with E-state index in [4.69, 9.17) is 33.4 Å². The van der Waals surface area contributed by atoms with Gasteiger partial charge in [0.2, 0.25) is 4.99 Å². The fourth-order valence-corrected chi connectivity index (χ4v) is 6.93. The van der Waals surface area contributed by atoms with E-state index in [2.05, 4.69) is 64.6 Å². The molecule has 0 amide bonds. The summed E-state index contributed by atoms with van der Waals surface area (Å²) in [5, 5.41) is 16.9. The Morgan fingerprint density at radius 3 is 1.82 bits per heavy atom. The molecule has 0 aliphatic carbocycles. The van der Waals surface area contributed by atoms with Crippen LogP contribution in [0, 0.1) is 0 Å². The monoisotopic (exact) mass is 576 g/mol. The van der Waals surface area contributed by atoms with E-state index in [0.29, 0.717) is 10.0 Å². The lowest BCUT2D eigenvalue weighted by atomic mass is 9.93. The first-order chi connectivity index (χ1) is 19.6. The Morgan fingerprint density at radius 2 is 1.15 bits per heavy atom. The second kappa shape index (κ2) is 10.2. The summed E-state index contributed by atoms with van der Waals surface area (Å²) in [5.41, 5.74) is 6.46. The maximum Gasteiger partial charge on any atom is 0.234 e. The largest absolute Gasteiger partial charge is 0.234 e. The molecule has 7 rings (SSSR count). The van der Waals surface area contributed by atoms with E-state index >= 15 is 0 Å². The van der Waals surface area contributed by atoms with Gasteiger partial charge in [-0.3, -0.25) is 0 Å². The van der Waals surface area contributed by atoms with Gasteiger partial charge >= 0.3 is 0 Å². The van der Waals surface area contributed by atoms with Gasteiger partial charge in [0.1, 0.15) is 10.8 Å². The number of hydrogen-bond acceptors (Lipinski definition) is 5. The molecule has 0 saturated carbocycles. The summed E-state index contributed by atoms with van der Waals surface area (Å²) in [6.07, 6.45) is 0. The van der Waals surface area contributed by atoms with E-state index in [1.165, 1.54) is 0 Å². The van der Waals surface area contributed by atoms with Gasteiger partial charge in [-0.2, -0.15) is 10.2 Å². The van der Waals surface area contributed by atoms with Crippen LogP contribution in [-0.4, -0.2) is 10.8 Å². The fraction of sp³-hybridized carbons (Fsp3) is 0.0303. The van der Waals surface area contributed by atoms with E-state index in [1.807, 2.05) is 72.8 Å². The first-order valence-electron chi connectivity index (χ1n) is 12.8. The molecular formula is C33H22Cl2N4S. The molecule has 5 aromatic carbocycles. The smallest absolute Gasteiger partial charge is 0.223 e. The van der Waals surface area contributed by atoms with Gasteiger partial charge in [0, 0.05) is 27.3 Å². The van der Waals surface area contributed by atoms with Crippen LogP contribution in [0.1, 0.15) is 22.3 Å². The van der Waals surface area contributed by atoms with Crippen LogP contribution in [0.2, 0.25) is 10.0 Å². The van der Waals surface area contributed by atoms with Crippen LogP contribution in [0.3, 0.4) is 0 Å². The summed E-state index contributed by atoms with van der Waals surface area (Å²) >= 11 is 14.9. The molecule has 0 saturated heterocycles. The van der Waals surface area contributed by atoms with Gasteiger partial charge in [-0.05, 0) is 54.2 Å². The van der Waals surface area contributed by atoms with E-state index in [9.17, 15) is 0 Å². The summed E-state index contributed by atoms with van der Waals surface area (Å²) < 4.78 is 0. The van der Waals surface area contributed by atoms with Crippen molar-refractivity contribution in [2.75, 3.05) is 10.0 Å². The zero-order valence-corrected chi connectivity index (χ0v) is 23.5. The van der Waals surface area contributed by atoms with Crippen molar-refractivity contribution in [3.05, 3.63) is 166 Å². The van der Waals surface area contributed by atoms with Crippen LogP contribution in [0.5, 0.6) is 0 Å². The van der Waals surface area contributed by atoms with Crippen LogP contribution in [0.25, 0.3) is 0 Å². The molecule has 0 bridgehead atoms. The number of benzene rings is 5. The summed E-state index contributed by atoms with van der Waals surface area (Å²) in [6.45, 7) is 0. The van der Waals surface area contributed by atoms with E-state index in [0.717, 1.165) is 44.4 Å². The number of rotatable bonds is 4. The first kappa shape index (κ1) is 25.0. The number of hydrazone groups is 2. The highest BCUT2D eigenvalue weighted by Crippen LogP contribution is 2.55. The minimum Gasteiger partial charge on any atom is -0.223 e. The Kier molecular flexibility index (Phi) is 6.35. The number of para-hydroxylation sites is 2. The first-order valence-corrected chi connectivity index (χ1v) is 14.4. The van der Waals surface area contributed by atoms with Gasteiger partial charge in [-0.15, -0.1) is 0 Å². The molecule has 1 atom stereocenters. The molecule has 5 aromatic rings. The summed E-state index contributed by atoms with van der Waals surface area (Å²) in [4.78, 5) is -0.862. The van der Waals surface area contributed by atoms with Crippen molar-refractivity contribution in [2.45, 2.75) is 4.99 Å². The minimum absolute atomic E-state index is 0.585. The van der Waals surface area contributed by atoms with Gasteiger partial charge in [-0.1, -0.05) is 114 Å². The number of hydrogen-bond donors (Lipinski definition) is 0. The van der Waals surface area contributed by atoms with Crippen molar-refractivity contribution < 1.29 is 0 Å². The third kappa shape index (κ3) is 4.09. The van der Waals surface area contributed by atoms with Crippen LogP contribution >= 0.6 is 35.0 Å².